The average Bonchev–Trinajstić information content (AvgIpc) is 1.12. The Morgan fingerprint density at radius 1 is 0.674 bits per heavy atom. The van der Waals surface area contributed by atoms with Crippen molar-refractivity contribution >= 4 is 51.1 Å². The smallest absolute Gasteiger partial charge is 0.313 e. The van der Waals surface area contributed by atoms with Crippen molar-refractivity contribution in [3.8, 4) is 22.9 Å². The van der Waals surface area contributed by atoms with Crippen molar-refractivity contribution < 1.29 is 92.8 Å². The van der Waals surface area contributed by atoms with Crippen molar-refractivity contribution in [2.75, 3.05) is 178 Å². The maximum Gasteiger partial charge on any atom is 0.313 e. The molecule has 29 heteroatoms. The summed E-state index contributed by atoms with van der Waals surface area (Å²) < 4.78 is 141. The number of fused-ring (bicyclic) bond motifs is 1. The number of guanidine groups is 1. The predicted molar refractivity (Wildman–Crippen MR) is 345 cm³/mol. The minimum Gasteiger partial charge on any atom is -0.420 e. The summed E-state index contributed by atoms with van der Waals surface area (Å²) in [6, 6.07) is 21.6. The van der Waals surface area contributed by atoms with Gasteiger partial charge in [0, 0.05) is 75.4 Å². The molecule has 0 bridgehead atoms. The van der Waals surface area contributed by atoms with Crippen LogP contribution >= 0.6 is 0 Å². The number of rotatable bonds is 48. The molecule has 0 unspecified atom stereocenters. The van der Waals surface area contributed by atoms with Gasteiger partial charge in [-0.1, -0.05) is 37.3 Å². The van der Waals surface area contributed by atoms with Gasteiger partial charge in [-0.2, -0.15) is 18.3 Å². The van der Waals surface area contributed by atoms with E-state index in [1.807, 2.05) is 48.2 Å². The second-order valence-electron chi connectivity index (χ2n) is 21.6. The Labute approximate surface area is 552 Å². The Hall–Kier alpha value is -7.02. The Bertz CT molecular complexity index is 3220. The van der Waals surface area contributed by atoms with E-state index in [2.05, 4.69) is 26.4 Å². The number of sulfonamides is 1. The molecular weight excluding hydrogens is 1270 g/mol. The molecule has 0 atom stereocenters. The number of benzene rings is 4. The predicted octanol–water partition coefficient (Wildman–Crippen LogP) is 6.61. The first-order valence-electron chi connectivity index (χ1n) is 31.8. The Morgan fingerprint density at radius 3 is 1.77 bits per heavy atom. The van der Waals surface area contributed by atoms with E-state index in [0.717, 1.165) is 36.8 Å². The SMILES string of the molecule is CCCN(CCCCCN/C(=N\c1cccc(C#N)c1)NCCOCCOCCOCCOCCOCCOCCOCCOCCOCCOCCC(=O)Oc1c(F)c(F)cc(F)c1F)C(=O)C1=Cc2ccc(-c3cccc(S(=O)(=O)N4CC(CO)C4)c3)cc2N=C(N)C1. The molecule has 6 rings (SSSR count). The lowest BCUT2D eigenvalue weighted by molar-refractivity contribution is -0.136. The van der Waals surface area contributed by atoms with E-state index in [1.54, 1.807) is 36.4 Å². The first kappa shape index (κ1) is 77.0. The van der Waals surface area contributed by atoms with Crippen LogP contribution in [0.3, 0.4) is 0 Å². The van der Waals surface area contributed by atoms with Gasteiger partial charge >= 0.3 is 5.97 Å². The van der Waals surface area contributed by atoms with Crippen molar-refractivity contribution in [1.29, 1.82) is 5.26 Å². The van der Waals surface area contributed by atoms with Gasteiger partial charge in [0.1, 0.15) is 5.84 Å². The first-order chi connectivity index (χ1) is 46.2. The molecule has 2 heterocycles. The molecule has 1 saturated heterocycles. The summed E-state index contributed by atoms with van der Waals surface area (Å²) in [5.41, 5.74) is 10.9. The molecular formula is C66H88F4N8O16S. The van der Waals surface area contributed by atoms with E-state index in [0.29, 0.717) is 172 Å². The number of nitrogens with one attached hydrogen (secondary N) is 2. The molecule has 95 heavy (non-hydrogen) atoms. The van der Waals surface area contributed by atoms with Crippen molar-refractivity contribution in [2.45, 2.75) is 50.3 Å². The maximum absolute atomic E-state index is 14.1. The lowest BCUT2D eigenvalue weighted by atomic mass is 10.0. The zero-order valence-electron chi connectivity index (χ0n) is 53.7. The number of aliphatic hydroxyl groups is 1. The molecule has 24 nitrogen and oxygen atoms in total. The third kappa shape index (κ3) is 27.9. The fourth-order valence-electron chi connectivity index (χ4n) is 9.33. The van der Waals surface area contributed by atoms with Crippen LogP contribution in [0.5, 0.6) is 5.75 Å². The van der Waals surface area contributed by atoms with Crippen LogP contribution in [0.2, 0.25) is 0 Å². The van der Waals surface area contributed by atoms with Gasteiger partial charge in [0.25, 0.3) is 0 Å². The Balaban J connectivity index is 0.729. The van der Waals surface area contributed by atoms with E-state index in [9.17, 15) is 45.9 Å². The zero-order valence-corrected chi connectivity index (χ0v) is 54.5. The van der Waals surface area contributed by atoms with E-state index in [-0.39, 0.29) is 75.3 Å². The maximum atomic E-state index is 14.1. The number of carbonyl (C=O) groups excluding carboxylic acids is 2. The quantitative estimate of drug-likeness (QED) is 0.00688. The van der Waals surface area contributed by atoms with E-state index in [1.165, 1.54) is 4.31 Å². The zero-order chi connectivity index (χ0) is 67.9. The highest BCUT2D eigenvalue weighted by Gasteiger charge is 2.36. The van der Waals surface area contributed by atoms with Crippen molar-refractivity contribution in [3.05, 3.63) is 113 Å². The topological polar surface area (TPSA) is 295 Å². The number of hydrogen-bond acceptors (Lipinski definition) is 20. The summed E-state index contributed by atoms with van der Waals surface area (Å²) in [5, 5.41) is 25.6. The lowest BCUT2D eigenvalue weighted by Crippen LogP contribution is -2.51. The third-order valence-electron chi connectivity index (χ3n) is 14.3. The minimum atomic E-state index is -3.71. The molecule has 0 saturated carbocycles. The van der Waals surface area contributed by atoms with Crippen LogP contribution in [-0.2, 0) is 67.0 Å². The number of hydrogen-bond donors (Lipinski definition) is 4. The van der Waals surface area contributed by atoms with Crippen LogP contribution < -0.4 is 21.1 Å². The van der Waals surface area contributed by atoms with E-state index < -0.39 is 51.4 Å². The molecule has 0 radical (unpaired) electrons. The van der Waals surface area contributed by atoms with Crippen LogP contribution in [0.25, 0.3) is 17.2 Å². The molecule has 5 N–H and O–H groups in total. The van der Waals surface area contributed by atoms with Crippen molar-refractivity contribution in [3.63, 3.8) is 0 Å². The van der Waals surface area contributed by atoms with Gasteiger partial charge in [-0.25, -0.2) is 27.2 Å². The molecule has 0 spiro atoms. The van der Waals surface area contributed by atoms with E-state index in [4.69, 9.17) is 58.1 Å². The molecule has 1 fully saturated rings. The van der Waals surface area contributed by atoms with Gasteiger partial charge in [0.05, 0.1) is 166 Å². The number of carbonyl (C=O) groups is 2. The fraction of sp³-hybridized carbons (Fsp3) is 0.530. The van der Waals surface area contributed by atoms with Crippen LogP contribution in [-0.4, -0.2) is 224 Å². The molecule has 4 aromatic rings. The second-order valence-corrected chi connectivity index (χ2v) is 23.5. The molecule has 0 aliphatic carbocycles. The van der Waals surface area contributed by atoms with Crippen LogP contribution in [0.1, 0.15) is 56.6 Å². The normalized spacial score (nSPS) is 13.5. The van der Waals surface area contributed by atoms with Crippen LogP contribution in [0.4, 0.5) is 28.9 Å². The third-order valence-corrected chi connectivity index (χ3v) is 16.1. The van der Waals surface area contributed by atoms with Crippen molar-refractivity contribution in [2.24, 2.45) is 21.6 Å². The number of nitrogens with two attached hydrogens (primary N) is 1. The molecule has 4 aromatic carbocycles. The molecule has 0 aromatic heterocycles. The lowest BCUT2D eigenvalue weighted by Gasteiger charge is -2.36. The summed E-state index contributed by atoms with van der Waals surface area (Å²) in [4.78, 5) is 37.3. The number of nitriles is 1. The van der Waals surface area contributed by atoms with Crippen LogP contribution in [0.15, 0.2) is 93.2 Å². The fourth-order valence-corrected chi connectivity index (χ4v) is 11.0. The van der Waals surface area contributed by atoms with E-state index >= 15 is 0 Å². The Morgan fingerprint density at radius 2 is 1.21 bits per heavy atom. The highest BCUT2D eigenvalue weighted by atomic mass is 32.2. The number of aliphatic hydroxyl groups excluding tert-OH is 1. The van der Waals surface area contributed by atoms with Gasteiger partial charge in [-0.15, -0.1) is 0 Å². The van der Waals surface area contributed by atoms with Gasteiger partial charge in [-0.3, -0.25) is 9.59 Å². The largest absolute Gasteiger partial charge is 0.420 e. The summed E-state index contributed by atoms with van der Waals surface area (Å²) >= 11 is 0. The monoisotopic (exact) mass is 1360 g/mol. The highest BCUT2D eigenvalue weighted by Crippen LogP contribution is 2.34. The van der Waals surface area contributed by atoms with Crippen molar-refractivity contribution in [1.82, 2.24) is 19.8 Å². The molecule has 2 aliphatic rings. The number of esters is 1. The number of aliphatic imine (C=N–C) groups is 2. The molecule has 1 amide bonds. The second kappa shape index (κ2) is 43.9. The van der Waals surface area contributed by atoms with Crippen LogP contribution in [0, 0.1) is 40.5 Å². The number of ether oxygens (including phenoxy) is 11. The standard InChI is InChI=1S/C66H88F4N8O16S/c1-2-17-77(65(81)54-40-53-13-12-52(42-59(53)76-60(72)43-54)51-9-7-11-56(41-51)95(82,83)78-46-50(47-78)48-79)18-5-3-4-15-73-66(75-55-10-6-8-49(39-55)45-71)74-16-20-85-22-24-87-26-28-89-30-32-91-34-36-93-38-37-92-35-33-90-31-29-88-27-25-86-23-21-84-19-14-61(80)94-64-62(69)57(67)44-58(68)63(64)70/h6-13,39-42,44,50,79H,2-5,14-38,43,46-48H2,1H3,(H2,72,76)(H2,73,74,75). The minimum absolute atomic E-state index is 0.0132. The first-order valence-corrected chi connectivity index (χ1v) is 33.2. The number of halogens is 4. The summed E-state index contributed by atoms with van der Waals surface area (Å²) in [6.07, 6.45) is 4.81. The van der Waals surface area contributed by atoms with Gasteiger partial charge in [0.2, 0.25) is 33.3 Å². The average molecular weight is 1360 g/mol. The summed E-state index contributed by atoms with van der Waals surface area (Å²) in [5.74, 6) is -8.86. The number of nitrogens with zero attached hydrogens (tertiary/aromatic N) is 5. The molecule has 2 aliphatic heterocycles. The highest BCUT2D eigenvalue weighted by molar-refractivity contribution is 7.89. The summed E-state index contributed by atoms with van der Waals surface area (Å²) in [6.45, 7) is 11.4. The molecule has 522 valence electrons. The number of amides is 1. The Kier molecular flexibility index (Phi) is 35.6. The van der Waals surface area contributed by atoms with Gasteiger partial charge in [-0.05, 0) is 79.3 Å². The van der Waals surface area contributed by atoms with Gasteiger partial charge < -0.3 is 78.5 Å². The van der Waals surface area contributed by atoms with Gasteiger partial charge in [0.15, 0.2) is 17.6 Å². The number of amidine groups is 1. The summed E-state index contributed by atoms with van der Waals surface area (Å²) in [7, 11) is -3.71. The number of unbranched alkanes of at least 4 members (excludes halogenated alkanes) is 2.